The summed E-state index contributed by atoms with van der Waals surface area (Å²) in [5, 5.41) is 11.8. The number of halogens is 3. The van der Waals surface area contributed by atoms with E-state index in [2.05, 4.69) is 26.1 Å². The van der Waals surface area contributed by atoms with Gasteiger partial charge in [0.2, 0.25) is 0 Å². The molecule has 0 heterocycles. The molecule has 0 unspecified atom stereocenters. The van der Waals surface area contributed by atoms with E-state index < -0.39 is 17.7 Å². The topological polar surface area (TPSA) is 58.6 Å². The van der Waals surface area contributed by atoms with Crippen molar-refractivity contribution in [3.8, 4) is 16.9 Å². The van der Waals surface area contributed by atoms with Gasteiger partial charge in [0.1, 0.15) is 5.75 Å². The maximum Gasteiger partial charge on any atom is 0.419 e. The Morgan fingerprint density at radius 1 is 1.03 bits per heavy atom. The number of carboxylic acids is 1. The van der Waals surface area contributed by atoms with E-state index >= 15 is 0 Å². The highest BCUT2D eigenvalue weighted by atomic mass is 19.4. The van der Waals surface area contributed by atoms with Crippen LogP contribution in [0.2, 0.25) is 0 Å². The van der Waals surface area contributed by atoms with Crippen molar-refractivity contribution in [2.75, 3.05) is 6.54 Å². The lowest BCUT2D eigenvalue weighted by molar-refractivity contribution is -0.139. The molecule has 0 saturated heterocycles. The minimum absolute atomic E-state index is 0.00789. The van der Waals surface area contributed by atoms with Gasteiger partial charge in [-0.1, -0.05) is 45.0 Å². The molecule has 0 bridgehead atoms. The minimum atomic E-state index is -4.52. The second-order valence-electron chi connectivity index (χ2n) is 10.2. The van der Waals surface area contributed by atoms with Crippen molar-refractivity contribution in [2.45, 2.75) is 71.7 Å². The van der Waals surface area contributed by atoms with Crippen molar-refractivity contribution in [3.05, 3.63) is 53.6 Å². The van der Waals surface area contributed by atoms with Crippen molar-refractivity contribution >= 4 is 5.97 Å². The molecular weight excluding hydrogens is 443 g/mol. The van der Waals surface area contributed by atoms with Crippen LogP contribution < -0.4 is 10.1 Å². The Kier molecular flexibility index (Phi) is 8.29. The Balaban J connectivity index is 1.74. The van der Waals surface area contributed by atoms with E-state index in [0.29, 0.717) is 30.1 Å². The molecule has 1 fully saturated rings. The van der Waals surface area contributed by atoms with E-state index in [9.17, 15) is 18.0 Å². The highest BCUT2D eigenvalue weighted by Crippen LogP contribution is 2.42. The number of nitrogens with one attached hydrogen (secondary N) is 1. The number of benzene rings is 2. The molecule has 0 amide bonds. The summed E-state index contributed by atoms with van der Waals surface area (Å²) in [5.74, 6) is -0.435. The van der Waals surface area contributed by atoms with Gasteiger partial charge in [-0.3, -0.25) is 4.79 Å². The second kappa shape index (κ2) is 10.8. The summed E-state index contributed by atoms with van der Waals surface area (Å²) in [4.78, 5) is 10.6. The predicted octanol–water partition coefficient (Wildman–Crippen LogP) is 6.92. The average Bonchev–Trinajstić information content (AvgIpc) is 2.76. The Labute approximate surface area is 199 Å². The summed E-state index contributed by atoms with van der Waals surface area (Å²) in [6, 6.07) is 11.5. The third-order valence-corrected chi connectivity index (χ3v) is 6.58. The molecule has 1 aliphatic rings. The van der Waals surface area contributed by atoms with Crippen LogP contribution in [0.1, 0.15) is 64.0 Å². The molecule has 2 aromatic rings. The summed E-state index contributed by atoms with van der Waals surface area (Å²) in [6.07, 6.45) is -1.28. The van der Waals surface area contributed by atoms with Crippen LogP contribution in [0.15, 0.2) is 42.5 Å². The van der Waals surface area contributed by atoms with Crippen LogP contribution in [0, 0.1) is 11.3 Å². The molecule has 1 saturated carbocycles. The summed E-state index contributed by atoms with van der Waals surface area (Å²) in [5.41, 5.74) is 1.44. The number of carbonyl (C=O) groups is 1. The smallest absolute Gasteiger partial charge is 0.419 e. The first-order chi connectivity index (χ1) is 15.9. The van der Waals surface area contributed by atoms with Crippen molar-refractivity contribution in [3.63, 3.8) is 0 Å². The third-order valence-electron chi connectivity index (χ3n) is 6.58. The monoisotopic (exact) mass is 477 g/mol. The van der Waals surface area contributed by atoms with E-state index in [4.69, 9.17) is 9.84 Å². The van der Waals surface area contributed by atoms with E-state index in [1.165, 1.54) is 6.07 Å². The summed E-state index contributed by atoms with van der Waals surface area (Å²) < 4.78 is 47.7. The van der Waals surface area contributed by atoms with Gasteiger partial charge in [-0.2, -0.15) is 13.2 Å². The van der Waals surface area contributed by atoms with Gasteiger partial charge in [-0.05, 0) is 71.9 Å². The van der Waals surface area contributed by atoms with Gasteiger partial charge < -0.3 is 15.2 Å². The molecule has 0 aliphatic heterocycles. The van der Waals surface area contributed by atoms with Gasteiger partial charge >= 0.3 is 12.1 Å². The third kappa shape index (κ3) is 7.23. The van der Waals surface area contributed by atoms with Crippen LogP contribution in [0.4, 0.5) is 13.2 Å². The fraction of sp³-hybridized carbons (Fsp3) is 0.519. The number of alkyl halides is 3. The number of hydrogen-bond donors (Lipinski definition) is 2. The number of aliphatic carboxylic acids is 1. The molecule has 2 aromatic carbocycles. The summed E-state index contributed by atoms with van der Waals surface area (Å²) in [6.45, 7) is 7.38. The zero-order chi connectivity index (χ0) is 24.9. The van der Waals surface area contributed by atoms with Crippen LogP contribution >= 0.6 is 0 Å². The molecule has 0 spiro atoms. The average molecular weight is 478 g/mol. The highest BCUT2D eigenvalue weighted by Gasteiger charge is 2.36. The van der Waals surface area contributed by atoms with Crippen LogP contribution in [0.3, 0.4) is 0 Å². The summed E-state index contributed by atoms with van der Waals surface area (Å²) >= 11 is 0. The number of hydrogen-bond acceptors (Lipinski definition) is 3. The maximum atomic E-state index is 13.9. The maximum absolute atomic E-state index is 13.9. The predicted molar refractivity (Wildman–Crippen MR) is 127 cm³/mol. The lowest BCUT2D eigenvalue weighted by Crippen LogP contribution is -2.30. The SMILES string of the molecule is CC(C)(C)C1CCC(Oc2ccc(-c3cccc(CNCCC(=O)O)c3)cc2C(F)(F)F)CC1. The molecule has 0 atom stereocenters. The molecule has 186 valence electrons. The highest BCUT2D eigenvalue weighted by molar-refractivity contribution is 5.67. The van der Waals surface area contributed by atoms with Gasteiger partial charge in [0.05, 0.1) is 18.1 Å². The number of carboxylic acid groups (broad SMARTS) is 1. The fourth-order valence-corrected chi connectivity index (χ4v) is 4.55. The van der Waals surface area contributed by atoms with Gasteiger partial charge in [0.25, 0.3) is 0 Å². The second-order valence-corrected chi connectivity index (χ2v) is 10.2. The zero-order valence-electron chi connectivity index (χ0n) is 20.0. The van der Waals surface area contributed by atoms with Gasteiger partial charge in [-0.25, -0.2) is 0 Å². The van der Waals surface area contributed by atoms with Crippen molar-refractivity contribution in [2.24, 2.45) is 11.3 Å². The van der Waals surface area contributed by atoms with Crippen LogP contribution in [0.25, 0.3) is 11.1 Å². The number of ether oxygens (including phenoxy) is 1. The Morgan fingerprint density at radius 2 is 1.71 bits per heavy atom. The Hall–Kier alpha value is -2.54. The van der Waals surface area contributed by atoms with E-state index in [1.807, 2.05) is 12.1 Å². The summed E-state index contributed by atoms with van der Waals surface area (Å²) in [7, 11) is 0. The van der Waals surface area contributed by atoms with Crippen LogP contribution in [-0.2, 0) is 17.5 Å². The van der Waals surface area contributed by atoms with Crippen LogP contribution in [0.5, 0.6) is 5.75 Å². The molecule has 34 heavy (non-hydrogen) atoms. The molecule has 3 rings (SSSR count). The molecule has 7 heteroatoms. The standard InChI is InChI=1S/C27H34F3NO3/c1-26(2,3)21-8-10-22(11-9-21)34-24-12-7-20(16-23(24)27(28,29)30)19-6-4-5-18(15-19)17-31-14-13-25(32)33/h4-7,12,15-16,21-22,31H,8-11,13-14,17H2,1-3H3,(H,32,33). The quantitative estimate of drug-likeness (QED) is 0.405. The molecule has 0 radical (unpaired) electrons. The van der Waals surface area contributed by atoms with Gasteiger partial charge in [0, 0.05) is 13.1 Å². The first kappa shape index (κ1) is 26.1. The number of rotatable bonds is 8. The molecular formula is C27H34F3NO3. The first-order valence-corrected chi connectivity index (χ1v) is 11.8. The van der Waals surface area contributed by atoms with E-state index in [1.54, 1.807) is 18.2 Å². The van der Waals surface area contributed by atoms with Gasteiger partial charge in [0.15, 0.2) is 0 Å². The molecule has 4 nitrogen and oxygen atoms in total. The largest absolute Gasteiger partial charge is 0.490 e. The molecule has 0 aromatic heterocycles. The minimum Gasteiger partial charge on any atom is -0.490 e. The van der Waals surface area contributed by atoms with Crippen molar-refractivity contribution in [1.82, 2.24) is 5.32 Å². The zero-order valence-corrected chi connectivity index (χ0v) is 20.0. The van der Waals surface area contributed by atoms with E-state index in [-0.39, 0.29) is 23.7 Å². The van der Waals surface area contributed by atoms with Crippen molar-refractivity contribution < 1.29 is 27.8 Å². The normalized spacial score (nSPS) is 19.1. The fourth-order valence-electron chi connectivity index (χ4n) is 4.55. The first-order valence-electron chi connectivity index (χ1n) is 11.8. The van der Waals surface area contributed by atoms with Crippen molar-refractivity contribution in [1.29, 1.82) is 0 Å². The molecule has 2 N–H and O–H groups in total. The van der Waals surface area contributed by atoms with Gasteiger partial charge in [-0.15, -0.1) is 0 Å². The lowest BCUT2D eigenvalue weighted by Gasteiger charge is -2.37. The Bertz CT molecular complexity index is 974. The Morgan fingerprint density at radius 3 is 2.32 bits per heavy atom. The van der Waals surface area contributed by atoms with E-state index in [0.717, 1.165) is 37.3 Å². The lowest BCUT2D eigenvalue weighted by atomic mass is 9.72. The van der Waals surface area contributed by atoms with Crippen LogP contribution in [-0.4, -0.2) is 23.7 Å². The molecule has 1 aliphatic carbocycles.